The van der Waals surface area contributed by atoms with Crippen molar-refractivity contribution in [1.82, 2.24) is 0 Å². The second kappa shape index (κ2) is 4.77. The molecule has 0 aliphatic heterocycles. The Morgan fingerprint density at radius 2 is 2.06 bits per heavy atom. The number of unbranched alkanes of at least 4 members (excludes halogenated alkanes) is 1. The van der Waals surface area contributed by atoms with Gasteiger partial charge in [0.15, 0.2) is 0 Å². The topological polar surface area (TPSA) is 0 Å². The Morgan fingerprint density at radius 3 is 2.81 bits per heavy atom. The van der Waals surface area contributed by atoms with Gasteiger partial charge in [-0.15, -0.1) is 0 Å². The average Bonchev–Trinajstić information content (AvgIpc) is 2.25. The summed E-state index contributed by atoms with van der Waals surface area (Å²) >= 11 is 0. The second-order valence-electron chi connectivity index (χ2n) is 4.37. The van der Waals surface area contributed by atoms with Crippen LogP contribution in [0.4, 0.5) is 8.78 Å². The van der Waals surface area contributed by atoms with Gasteiger partial charge in [-0.3, -0.25) is 0 Å². The van der Waals surface area contributed by atoms with Gasteiger partial charge >= 0.3 is 0 Å². The summed E-state index contributed by atoms with van der Waals surface area (Å²) in [5.74, 6) is -0.867. The molecular formula is C14H16F2. The standard InChI is InChI=1S/C14H16F2/c1-2-3-4-10-5-6-13-11(7-10)8-12(15)9-14(13)16/h5,8-9H,2-4,6-7H2,1H3. The maximum absolute atomic E-state index is 13.4. The first-order chi connectivity index (χ1) is 7.70. The van der Waals surface area contributed by atoms with E-state index in [9.17, 15) is 8.78 Å². The van der Waals surface area contributed by atoms with Crippen molar-refractivity contribution in [2.75, 3.05) is 0 Å². The molecule has 2 rings (SSSR count). The van der Waals surface area contributed by atoms with Gasteiger partial charge < -0.3 is 0 Å². The highest BCUT2D eigenvalue weighted by atomic mass is 19.1. The van der Waals surface area contributed by atoms with Gasteiger partial charge in [-0.05, 0) is 42.9 Å². The fraction of sp³-hybridized carbons (Fsp3) is 0.429. The Kier molecular flexibility index (Phi) is 3.37. The average molecular weight is 222 g/mol. The Balaban J connectivity index is 2.19. The molecule has 0 atom stereocenters. The molecule has 0 heterocycles. The van der Waals surface area contributed by atoms with Crippen LogP contribution in [-0.2, 0) is 12.8 Å². The van der Waals surface area contributed by atoms with E-state index in [4.69, 9.17) is 0 Å². The minimum absolute atomic E-state index is 0.402. The number of halogens is 2. The van der Waals surface area contributed by atoms with Crippen LogP contribution in [-0.4, -0.2) is 0 Å². The molecule has 0 aromatic heterocycles. The zero-order valence-corrected chi connectivity index (χ0v) is 9.52. The van der Waals surface area contributed by atoms with Crippen molar-refractivity contribution < 1.29 is 8.78 Å². The number of allylic oxidation sites excluding steroid dienone is 2. The minimum Gasteiger partial charge on any atom is -0.207 e. The molecule has 0 spiro atoms. The third-order valence-corrected chi connectivity index (χ3v) is 3.12. The normalized spacial score (nSPS) is 14.6. The van der Waals surface area contributed by atoms with Gasteiger partial charge in [0.25, 0.3) is 0 Å². The SMILES string of the molecule is CCCCC1=CCc2c(F)cc(F)cc2C1. The quantitative estimate of drug-likeness (QED) is 0.673. The Morgan fingerprint density at radius 1 is 1.25 bits per heavy atom. The van der Waals surface area contributed by atoms with Crippen molar-refractivity contribution in [1.29, 1.82) is 0 Å². The van der Waals surface area contributed by atoms with Crippen LogP contribution in [0.3, 0.4) is 0 Å². The summed E-state index contributed by atoms with van der Waals surface area (Å²) in [7, 11) is 0. The van der Waals surface area contributed by atoms with Crippen molar-refractivity contribution >= 4 is 0 Å². The molecule has 0 saturated carbocycles. The zero-order valence-electron chi connectivity index (χ0n) is 9.52. The predicted octanol–water partition coefficient (Wildman–Crippen LogP) is 4.18. The van der Waals surface area contributed by atoms with E-state index in [0.717, 1.165) is 30.9 Å². The summed E-state index contributed by atoms with van der Waals surface area (Å²) in [4.78, 5) is 0. The van der Waals surface area contributed by atoms with Crippen LogP contribution < -0.4 is 0 Å². The summed E-state index contributed by atoms with van der Waals surface area (Å²) in [6, 6.07) is 2.45. The molecular weight excluding hydrogens is 206 g/mol. The van der Waals surface area contributed by atoms with Crippen LogP contribution in [0.1, 0.15) is 37.3 Å². The molecule has 1 aromatic rings. The number of benzene rings is 1. The van der Waals surface area contributed by atoms with E-state index in [1.807, 2.05) is 0 Å². The molecule has 2 heteroatoms. The lowest BCUT2D eigenvalue weighted by atomic mass is 9.89. The zero-order chi connectivity index (χ0) is 11.5. The van der Waals surface area contributed by atoms with Gasteiger partial charge in [0.2, 0.25) is 0 Å². The highest BCUT2D eigenvalue weighted by Crippen LogP contribution is 2.26. The fourth-order valence-electron chi connectivity index (χ4n) is 2.20. The third-order valence-electron chi connectivity index (χ3n) is 3.12. The van der Waals surface area contributed by atoms with Crippen LogP contribution in [0, 0.1) is 11.6 Å². The number of hydrogen-bond donors (Lipinski definition) is 0. The van der Waals surface area contributed by atoms with Gasteiger partial charge in [0, 0.05) is 6.07 Å². The molecule has 0 radical (unpaired) electrons. The number of fused-ring (bicyclic) bond motifs is 1. The van der Waals surface area contributed by atoms with Crippen LogP contribution in [0.2, 0.25) is 0 Å². The molecule has 1 aliphatic rings. The van der Waals surface area contributed by atoms with Crippen LogP contribution >= 0.6 is 0 Å². The lowest BCUT2D eigenvalue weighted by Crippen LogP contribution is -2.06. The Hall–Kier alpha value is -1.18. The summed E-state index contributed by atoms with van der Waals surface area (Å²) in [6.45, 7) is 2.15. The molecule has 0 nitrogen and oxygen atoms in total. The summed E-state index contributed by atoms with van der Waals surface area (Å²) < 4.78 is 26.5. The maximum atomic E-state index is 13.4. The first kappa shape index (κ1) is 11.3. The highest BCUT2D eigenvalue weighted by molar-refractivity contribution is 5.38. The van der Waals surface area contributed by atoms with Gasteiger partial charge in [-0.1, -0.05) is 25.0 Å². The van der Waals surface area contributed by atoms with Gasteiger partial charge in [0.1, 0.15) is 11.6 Å². The molecule has 0 saturated heterocycles. The fourth-order valence-corrected chi connectivity index (χ4v) is 2.20. The van der Waals surface area contributed by atoms with E-state index in [-0.39, 0.29) is 0 Å². The molecule has 1 aliphatic carbocycles. The highest BCUT2D eigenvalue weighted by Gasteiger charge is 2.15. The van der Waals surface area contributed by atoms with E-state index < -0.39 is 11.6 Å². The van der Waals surface area contributed by atoms with E-state index in [2.05, 4.69) is 13.0 Å². The lowest BCUT2D eigenvalue weighted by molar-refractivity contribution is 0.569. The van der Waals surface area contributed by atoms with E-state index in [1.54, 1.807) is 0 Å². The number of hydrogen-bond acceptors (Lipinski definition) is 0. The van der Waals surface area contributed by atoms with Crippen molar-refractivity contribution in [3.63, 3.8) is 0 Å². The molecule has 0 bridgehead atoms. The molecule has 0 N–H and O–H groups in total. The van der Waals surface area contributed by atoms with Gasteiger partial charge in [-0.25, -0.2) is 8.78 Å². The first-order valence-corrected chi connectivity index (χ1v) is 5.85. The number of rotatable bonds is 3. The maximum Gasteiger partial charge on any atom is 0.129 e. The van der Waals surface area contributed by atoms with Crippen LogP contribution in [0.5, 0.6) is 0 Å². The Bertz CT molecular complexity index is 419. The lowest BCUT2D eigenvalue weighted by Gasteiger charge is -2.17. The van der Waals surface area contributed by atoms with E-state index in [0.29, 0.717) is 18.4 Å². The predicted molar refractivity (Wildman–Crippen MR) is 61.4 cm³/mol. The smallest absolute Gasteiger partial charge is 0.129 e. The van der Waals surface area contributed by atoms with Gasteiger partial charge in [-0.2, -0.15) is 0 Å². The van der Waals surface area contributed by atoms with Crippen molar-refractivity contribution in [2.45, 2.75) is 39.0 Å². The van der Waals surface area contributed by atoms with E-state index >= 15 is 0 Å². The third kappa shape index (κ3) is 2.31. The first-order valence-electron chi connectivity index (χ1n) is 5.85. The van der Waals surface area contributed by atoms with Gasteiger partial charge in [0.05, 0.1) is 0 Å². The monoisotopic (exact) mass is 222 g/mol. The minimum atomic E-state index is -0.465. The van der Waals surface area contributed by atoms with Crippen LogP contribution in [0.15, 0.2) is 23.8 Å². The summed E-state index contributed by atoms with van der Waals surface area (Å²) in [6.07, 6.45) is 6.78. The van der Waals surface area contributed by atoms with Crippen molar-refractivity contribution in [3.05, 3.63) is 46.5 Å². The molecule has 86 valence electrons. The molecule has 1 aromatic carbocycles. The summed E-state index contributed by atoms with van der Waals surface area (Å²) in [5.41, 5.74) is 2.81. The summed E-state index contributed by atoms with van der Waals surface area (Å²) in [5, 5.41) is 0. The van der Waals surface area contributed by atoms with Crippen molar-refractivity contribution in [3.8, 4) is 0 Å². The van der Waals surface area contributed by atoms with Crippen molar-refractivity contribution in [2.24, 2.45) is 0 Å². The molecule has 0 amide bonds. The molecule has 16 heavy (non-hydrogen) atoms. The van der Waals surface area contributed by atoms with Crippen LogP contribution in [0.25, 0.3) is 0 Å². The Labute approximate surface area is 95.0 Å². The second-order valence-corrected chi connectivity index (χ2v) is 4.37. The molecule has 0 unspecified atom stereocenters. The van der Waals surface area contributed by atoms with E-state index in [1.165, 1.54) is 11.6 Å². The largest absolute Gasteiger partial charge is 0.207 e. The molecule has 0 fully saturated rings.